The molecule has 1 heterocycles. The Morgan fingerprint density at radius 3 is 3.00 bits per heavy atom. The van der Waals surface area contributed by atoms with Crippen LogP contribution in [0.25, 0.3) is 10.9 Å². The second kappa shape index (κ2) is 5.77. The molecule has 5 heteroatoms. The Hall–Kier alpha value is -2.01. The number of benzene rings is 1. The van der Waals surface area contributed by atoms with Crippen LogP contribution in [0.15, 0.2) is 24.4 Å². The van der Waals surface area contributed by atoms with Crippen molar-refractivity contribution in [1.29, 1.82) is 0 Å². The van der Waals surface area contributed by atoms with Crippen LogP contribution in [0.2, 0.25) is 0 Å². The monoisotopic (exact) mass is 287 g/mol. The molecule has 21 heavy (non-hydrogen) atoms. The maximum atomic E-state index is 12.3. The quantitative estimate of drug-likeness (QED) is 0.647. The van der Waals surface area contributed by atoms with E-state index in [1.54, 1.807) is 12.3 Å². The molecule has 5 nitrogen and oxygen atoms in total. The number of nitrogens with two attached hydrogens (primary N) is 1. The smallest absolute Gasteiger partial charge is 0.253 e. The lowest BCUT2D eigenvalue weighted by Gasteiger charge is -2.17. The number of hydrogen-bond donors (Lipinski definition) is 4. The van der Waals surface area contributed by atoms with E-state index in [9.17, 15) is 9.90 Å². The molecular weight excluding hydrogens is 266 g/mol. The summed E-state index contributed by atoms with van der Waals surface area (Å²) in [4.78, 5) is 15.4. The molecule has 5 N–H and O–H groups in total. The van der Waals surface area contributed by atoms with E-state index in [0.717, 1.165) is 30.2 Å². The largest absolute Gasteiger partial charge is 0.399 e. The van der Waals surface area contributed by atoms with Crippen molar-refractivity contribution in [1.82, 2.24) is 10.3 Å². The van der Waals surface area contributed by atoms with Crippen LogP contribution in [0.4, 0.5) is 5.69 Å². The van der Waals surface area contributed by atoms with Gasteiger partial charge in [-0.15, -0.1) is 0 Å². The standard InChI is InChI=1S/C16H21N3O2/c17-12-4-5-13-14(8-18-15(13)6-12)16(21)19-7-10-2-1-3-11(10)9-20/h4-6,8,10-11,18,20H,1-3,7,9,17H2,(H,19,21). The van der Waals surface area contributed by atoms with Gasteiger partial charge in [-0.25, -0.2) is 0 Å². The van der Waals surface area contributed by atoms with E-state index < -0.39 is 0 Å². The van der Waals surface area contributed by atoms with E-state index in [-0.39, 0.29) is 12.5 Å². The fourth-order valence-corrected chi connectivity index (χ4v) is 3.27. The van der Waals surface area contributed by atoms with Crippen LogP contribution >= 0.6 is 0 Å². The van der Waals surface area contributed by atoms with Gasteiger partial charge in [-0.05, 0) is 42.9 Å². The van der Waals surface area contributed by atoms with Crippen molar-refractivity contribution in [3.05, 3.63) is 30.0 Å². The van der Waals surface area contributed by atoms with Gasteiger partial charge in [0.15, 0.2) is 0 Å². The van der Waals surface area contributed by atoms with Gasteiger partial charge in [0.05, 0.1) is 5.56 Å². The molecule has 0 spiro atoms. The van der Waals surface area contributed by atoms with Crippen molar-refractivity contribution < 1.29 is 9.90 Å². The van der Waals surface area contributed by atoms with E-state index in [1.807, 2.05) is 12.1 Å². The minimum atomic E-state index is -0.0744. The molecule has 2 aromatic rings. The number of aromatic amines is 1. The molecule has 2 unspecified atom stereocenters. The summed E-state index contributed by atoms with van der Waals surface area (Å²) in [6.07, 6.45) is 5.00. The Kier molecular flexibility index (Phi) is 3.84. The summed E-state index contributed by atoms with van der Waals surface area (Å²) in [5.74, 6) is 0.641. The number of fused-ring (bicyclic) bond motifs is 1. The van der Waals surface area contributed by atoms with Crippen molar-refractivity contribution in [2.24, 2.45) is 11.8 Å². The van der Waals surface area contributed by atoms with Crippen LogP contribution in [0, 0.1) is 11.8 Å². The number of carbonyl (C=O) groups excluding carboxylic acids is 1. The first-order valence-electron chi connectivity index (χ1n) is 7.44. The first kappa shape index (κ1) is 13.9. The minimum Gasteiger partial charge on any atom is -0.399 e. The van der Waals surface area contributed by atoms with Crippen molar-refractivity contribution in [3.8, 4) is 0 Å². The summed E-state index contributed by atoms with van der Waals surface area (Å²) in [6, 6.07) is 5.48. The van der Waals surface area contributed by atoms with Gasteiger partial charge in [0.2, 0.25) is 0 Å². The number of aromatic nitrogens is 1. The number of amides is 1. The summed E-state index contributed by atoms with van der Waals surface area (Å²) in [5.41, 5.74) is 7.92. The van der Waals surface area contributed by atoms with Gasteiger partial charge >= 0.3 is 0 Å². The highest BCUT2D eigenvalue weighted by Gasteiger charge is 2.27. The molecule has 1 fully saturated rings. The zero-order valence-corrected chi connectivity index (χ0v) is 11.9. The average molecular weight is 287 g/mol. The Bertz CT molecular complexity index is 650. The molecule has 0 bridgehead atoms. The molecule has 0 aliphatic heterocycles. The average Bonchev–Trinajstić information content (AvgIpc) is 3.10. The Morgan fingerprint density at radius 1 is 1.38 bits per heavy atom. The number of anilines is 1. The Labute approximate surface area is 123 Å². The minimum absolute atomic E-state index is 0.0744. The summed E-state index contributed by atoms with van der Waals surface area (Å²) in [7, 11) is 0. The second-order valence-electron chi connectivity index (χ2n) is 5.85. The molecule has 2 atom stereocenters. The molecule has 3 rings (SSSR count). The molecule has 1 amide bonds. The summed E-state index contributed by atoms with van der Waals surface area (Å²) >= 11 is 0. The fourth-order valence-electron chi connectivity index (χ4n) is 3.27. The zero-order valence-electron chi connectivity index (χ0n) is 11.9. The van der Waals surface area contributed by atoms with Crippen molar-refractivity contribution >= 4 is 22.5 Å². The molecule has 1 aliphatic carbocycles. The van der Waals surface area contributed by atoms with Gasteiger partial charge in [-0.1, -0.05) is 6.42 Å². The van der Waals surface area contributed by atoms with Gasteiger partial charge in [-0.2, -0.15) is 0 Å². The predicted octanol–water partition coefficient (Wildman–Crippen LogP) is 1.89. The molecule has 1 aliphatic rings. The van der Waals surface area contributed by atoms with Crippen LogP contribution in [-0.2, 0) is 0 Å². The molecule has 112 valence electrons. The highest BCUT2D eigenvalue weighted by atomic mass is 16.3. The van der Waals surface area contributed by atoms with Gasteiger partial charge in [0.25, 0.3) is 5.91 Å². The topological polar surface area (TPSA) is 91.1 Å². The Balaban J connectivity index is 1.69. The summed E-state index contributed by atoms with van der Waals surface area (Å²) in [5, 5.41) is 13.2. The Morgan fingerprint density at radius 2 is 2.19 bits per heavy atom. The van der Waals surface area contributed by atoms with Crippen molar-refractivity contribution in [2.45, 2.75) is 19.3 Å². The molecular formula is C16H21N3O2. The van der Waals surface area contributed by atoms with E-state index in [1.165, 1.54) is 0 Å². The molecule has 0 radical (unpaired) electrons. The molecule has 1 saturated carbocycles. The molecule has 1 aromatic carbocycles. The van der Waals surface area contributed by atoms with Gasteiger partial charge in [-0.3, -0.25) is 4.79 Å². The maximum absolute atomic E-state index is 12.3. The second-order valence-corrected chi connectivity index (χ2v) is 5.85. The first-order valence-corrected chi connectivity index (χ1v) is 7.44. The number of H-pyrrole nitrogens is 1. The third-order valence-electron chi connectivity index (χ3n) is 4.53. The van der Waals surface area contributed by atoms with Crippen molar-refractivity contribution in [2.75, 3.05) is 18.9 Å². The number of nitrogen functional groups attached to an aromatic ring is 1. The van der Waals surface area contributed by atoms with Crippen LogP contribution in [0.1, 0.15) is 29.6 Å². The highest BCUT2D eigenvalue weighted by molar-refractivity contribution is 6.07. The molecule has 1 aromatic heterocycles. The lowest BCUT2D eigenvalue weighted by atomic mass is 9.97. The summed E-state index contributed by atoms with van der Waals surface area (Å²) in [6.45, 7) is 0.846. The summed E-state index contributed by atoms with van der Waals surface area (Å²) < 4.78 is 0. The first-order chi connectivity index (χ1) is 10.2. The number of carbonyl (C=O) groups is 1. The highest BCUT2D eigenvalue weighted by Crippen LogP contribution is 2.30. The molecule has 0 saturated heterocycles. The number of aliphatic hydroxyl groups is 1. The predicted molar refractivity (Wildman–Crippen MR) is 83.0 cm³/mol. The van der Waals surface area contributed by atoms with Crippen LogP contribution in [0.3, 0.4) is 0 Å². The maximum Gasteiger partial charge on any atom is 0.253 e. The third kappa shape index (κ3) is 2.74. The van der Waals surface area contributed by atoms with Crippen LogP contribution in [0.5, 0.6) is 0 Å². The normalized spacial score (nSPS) is 21.8. The zero-order chi connectivity index (χ0) is 14.8. The van der Waals surface area contributed by atoms with E-state index in [4.69, 9.17) is 5.73 Å². The van der Waals surface area contributed by atoms with Gasteiger partial charge in [0, 0.05) is 35.9 Å². The lowest BCUT2D eigenvalue weighted by molar-refractivity contribution is 0.0939. The third-order valence-corrected chi connectivity index (χ3v) is 4.53. The van der Waals surface area contributed by atoms with E-state index >= 15 is 0 Å². The SMILES string of the molecule is Nc1ccc2c(C(=O)NCC3CCCC3CO)c[nH]c2c1. The van der Waals surface area contributed by atoms with Crippen LogP contribution in [-0.4, -0.2) is 29.1 Å². The number of nitrogens with one attached hydrogen (secondary N) is 2. The van der Waals surface area contributed by atoms with E-state index in [2.05, 4.69) is 10.3 Å². The fraction of sp³-hybridized carbons (Fsp3) is 0.438. The van der Waals surface area contributed by atoms with Crippen LogP contribution < -0.4 is 11.1 Å². The van der Waals surface area contributed by atoms with Gasteiger partial charge in [0.1, 0.15) is 0 Å². The number of rotatable bonds is 4. The van der Waals surface area contributed by atoms with Gasteiger partial charge < -0.3 is 21.1 Å². The number of aliphatic hydroxyl groups excluding tert-OH is 1. The lowest BCUT2D eigenvalue weighted by Crippen LogP contribution is -2.31. The van der Waals surface area contributed by atoms with Crippen molar-refractivity contribution in [3.63, 3.8) is 0 Å². The number of hydrogen-bond acceptors (Lipinski definition) is 3. The van der Waals surface area contributed by atoms with E-state index in [0.29, 0.717) is 29.6 Å².